The van der Waals surface area contributed by atoms with Gasteiger partial charge in [-0.05, 0) is 52.1 Å². The first kappa shape index (κ1) is 20.5. The van der Waals surface area contributed by atoms with E-state index in [1.807, 2.05) is 5.38 Å². The Morgan fingerprint density at radius 1 is 1.03 bits per heavy atom. The molecule has 1 aromatic heterocycles. The lowest BCUT2D eigenvalue weighted by atomic mass is 9.97. The third kappa shape index (κ3) is 4.32. The van der Waals surface area contributed by atoms with E-state index in [0.717, 1.165) is 25.1 Å². The second-order valence-electron chi connectivity index (χ2n) is 7.79. The van der Waals surface area contributed by atoms with Crippen molar-refractivity contribution in [2.45, 2.75) is 19.0 Å². The topological polar surface area (TPSA) is 79.9 Å². The van der Waals surface area contributed by atoms with E-state index in [1.165, 1.54) is 11.1 Å². The van der Waals surface area contributed by atoms with Gasteiger partial charge in [0.1, 0.15) is 0 Å². The first-order valence-electron chi connectivity index (χ1n) is 10.5. The maximum Gasteiger partial charge on any atom is 0.313 e. The van der Waals surface area contributed by atoms with Gasteiger partial charge in [-0.25, -0.2) is 0 Å². The van der Waals surface area contributed by atoms with Gasteiger partial charge in [0.2, 0.25) is 6.79 Å². The van der Waals surface area contributed by atoms with E-state index in [1.54, 1.807) is 29.5 Å². The summed E-state index contributed by atoms with van der Waals surface area (Å²) < 4.78 is 10.6. The van der Waals surface area contributed by atoms with Crippen LogP contribution in [-0.4, -0.2) is 36.6 Å². The average Bonchev–Trinajstić information content (AvgIpc) is 3.51. The van der Waals surface area contributed by atoms with Crippen molar-refractivity contribution in [3.05, 3.63) is 76.0 Å². The molecule has 0 fully saturated rings. The van der Waals surface area contributed by atoms with Crippen molar-refractivity contribution in [2.75, 3.05) is 25.2 Å². The predicted octanol–water partition coefficient (Wildman–Crippen LogP) is 3.33. The number of nitrogens with one attached hydrogen (secondary N) is 2. The van der Waals surface area contributed by atoms with Crippen LogP contribution in [0, 0.1) is 0 Å². The fraction of sp³-hybridized carbons (Fsp3) is 0.250. The molecule has 0 aliphatic carbocycles. The summed E-state index contributed by atoms with van der Waals surface area (Å²) in [5.41, 5.74) is 4.31. The summed E-state index contributed by atoms with van der Waals surface area (Å²) in [5, 5.41) is 9.58. The molecule has 1 atom stereocenters. The van der Waals surface area contributed by atoms with Gasteiger partial charge in [0, 0.05) is 31.4 Å². The molecular formula is C24H23N3O4S. The fourth-order valence-electron chi connectivity index (χ4n) is 4.14. The number of carbonyl (C=O) groups excluding carboxylic acids is 2. The number of nitrogens with zero attached hydrogens (tertiary/aromatic N) is 1. The molecular weight excluding hydrogens is 426 g/mol. The lowest BCUT2D eigenvalue weighted by Crippen LogP contribution is -2.43. The number of hydrogen-bond acceptors (Lipinski definition) is 6. The Hall–Kier alpha value is -3.36. The molecule has 2 N–H and O–H groups in total. The van der Waals surface area contributed by atoms with Crippen molar-refractivity contribution in [2.24, 2.45) is 0 Å². The summed E-state index contributed by atoms with van der Waals surface area (Å²) in [6.45, 7) is 2.22. The molecule has 0 spiro atoms. The molecule has 0 saturated carbocycles. The third-order valence-electron chi connectivity index (χ3n) is 5.82. The molecule has 2 aliphatic heterocycles. The molecule has 2 aromatic carbocycles. The normalized spacial score (nSPS) is 15.6. The summed E-state index contributed by atoms with van der Waals surface area (Å²) in [7, 11) is 0. The number of amides is 2. The number of fused-ring (bicyclic) bond motifs is 2. The van der Waals surface area contributed by atoms with E-state index in [0.29, 0.717) is 23.7 Å². The highest BCUT2D eigenvalue weighted by molar-refractivity contribution is 7.08. The number of thiophene rings is 1. The Bertz CT molecular complexity index is 1130. The van der Waals surface area contributed by atoms with Gasteiger partial charge < -0.3 is 20.1 Å². The molecule has 0 radical (unpaired) electrons. The van der Waals surface area contributed by atoms with Gasteiger partial charge in [0.05, 0.1) is 6.04 Å². The molecule has 0 saturated heterocycles. The SMILES string of the molecule is O=C(NC[C@H](c1ccsc1)N1CCc2ccccc2C1)C(=O)Nc1ccc2c(c1)OCO2. The van der Waals surface area contributed by atoms with Crippen LogP contribution in [0.15, 0.2) is 59.3 Å². The minimum absolute atomic E-state index is 0.00287. The highest BCUT2D eigenvalue weighted by Crippen LogP contribution is 2.34. The molecule has 164 valence electrons. The molecule has 32 heavy (non-hydrogen) atoms. The lowest BCUT2D eigenvalue weighted by Gasteiger charge is -2.35. The van der Waals surface area contributed by atoms with Gasteiger partial charge in [-0.15, -0.1) is 0 Å². The van der Waals surface area contributed by atoms with Crippen LogP contribution in [0.3, 0.4) is 0 Å². The minimum Gasteiger partial charge on any atom is -0.454 e. The first-order chi connectivity index (χ1) is 15.7. The molecule has 7 nitrogen and oxygen atoms in total. The summed E-state index contributed by atoms with van der Waals surface area (Å²) in [6.07, 6.45) is 0.968. The molecule has 8 heteroatoms. The minimum atomic E-state index is -0.711. The van der Waals surface area contributed by atoms with Gasteiger partial charge in [-0.3, -0.25) is 14.5 Å². The maximum atomic E-state index is 12.5. The summed E-state index contributed by atoms with van der Waals surface area (Å²) in [4.78, 5) is 27.3. The van der Waals surface area contributed by atoms with Gasteiger partial charge in [0.15, 0.2) is 11.5 Å². The van der Waals surface area contributed by atoms with E-state index >= 15 is 0 Å². The van der Waals surface area contributed by atoms with Crippen molar-refractivity contribution in [1.82, 2.24) is 10.2 Å². The average molecular weight is 450 g/mol. The molecule has 0 bridgehead atoms. The number of hydrogen-bond donors (Lipinski definition) is 2. The monoisotopic (exact) mass is 449 g/mol. The Balaban J connectivity index is 1.23. The van der Waals surface area contributed by atoms with Crippen LogP contribution in [0.2, 0.25) is 0 Å². The Morgan fingerprint density at radius 2 is 1.88 bits per heavy atom. The fourth-order valence-corrected chi connectivity index (χ4v) is 4.84. The number of ether oxygens (including phenoxy) is 2. The van der Waals surface area contributed by atoms with E-state index in [-0.39, 0.29) is 12.8 Å². The second kappa shape index (κ2) is 9.02. The van der Waals surface area contributed by atoms with Crippen molar-refractivity contribution >= 4 is 28.8 Å². The van der Waals surface area contributed by atoms with Gasteiger partial charge >= 0.3 is 11.8 Å². The van der Waals surface area contributed by atoms with Gasteiger partial charge in [-0.1, -0.05) is 24.3 Å². The zero-order valence-corrected chi connectivity index (χ0v) is 18.2. The van der Waals surface area contributed by atoms with Crippen LogP contribution in [-0.2, 0) is 22.6 Å². The van der Waals surface area contributed by atoms with Crippen molar-refractivity contribution in [3.8, 4) is 11.5 Å². The van der Waals surface area contributed by atoms with Crippen LogP contribution < -0.4 is 20.1 Å². The van der Waals surface area contributed by atoms with Crippen molar-refractivity contribution in [3.63, 3.8) is 0 Å². The van der Waals surface area contributed by atoms with Crippen LogP contribution in [0.25, 0.3) is 0 Å². The molecule has 2 amide bonds. The van der Waals surface area contributed by atoms with E-state index in [2.05, 4.69) is 51.2 Å². The smallest absolute Gasteiger partial charge is 0.313 e. The Morgan fingerprint density at radius 3 is 2.72 bits per heavy atom. The summed E-state index contributed by atoms with van der Waals surface area (Å²) >= 11 is 1.63. The van der Waals surface area contributed by atoms with Crippen LogP contribution in [0.5, 0.6) is 11.5 Å². The Kier molecular flexibility index (Phi) is 5.79. The second-order valence-corrected chi connectivity index (χ2v) is 8.57. The zero-order valence-electron chi connectivity index (χ0n) is 17.4. The highest BCUT2D eigenvalue weighted by Gasteiger charge is 2.26. The van der Waals surface area contributed by atoms with Gasteiger partial charge in [0.25, 0.3) is 0 Å². The van der Waals surface area contributed by atoms with E-state index in [9.17, 15) is 9.59 Å². The lowest BCUT2D eigenvalue weighted by molar-refractivity contribution is -0.136. The van der Waals surface area contributed by atoms with Crippen LogP contribution in [0.4, 0.5) is 5.69 Å². The molecule has 0 unspecified atom stereocenters. The van der Waals surface area contributed by atoms with Crippen LogP contribution >= 0.6 is 11.3 Å². The van der Waals surface area contributed by atoms with Crippen molar-refractivity contribution < 1.29 is 19.1 Å². The predicted molar refractivity (Wildman–Crippen MR) is 122 cm³/mol. The molecule has 3 heterocycles. The number of benzene rings is 2. The first-order valence-corrected chi connectivity index (χ1v) is 11.4. The molecule has 2 aliphatic rings. The summed E-state index contributed by atoms with van der Waals surface area (Å²) in [5.74, 6) is -0.211. The number of rotatable bonds is 5. The quantitative estimate of drug-likeness (QED) is 0.584. The van der Waals surface area contributed by atoms with E-state index in [4.69, 9.17) is 9.47 Å². The van der Waals surface area contributed by atoms with Crippen LogP contribution in [0.1, 0.15) is 22.7 Å². The maximum absolute atomic E-state index is 12.5. The standard InChI is InChI=1S/C24H23N3O4S/c28-23(24(29)26-19-5-6-21-22(11-19)31-15-30-21)25-12-20(18-8-10-32-14-18)27-9-7-16-3-1-2-4-17(16)13-27/h1-6,8,10-11,14,20H,7,9,12-13,15H2,(H,25,28)(H,26,29)/t20-/m1/s1. The largest absolute Gasteiger partial charge is 0.454 e. The Labute approximate surface area is 190 Å². The number of carbonyl (C=O) groups is 2. The zero-order chi connectivity index (χ0) is 21.9. The number of anilines is 1. The highest BCUT2D eigenvalue weighted by atomic mass is 32.1. The molecule has 5 rings (SSSR count). The van der Waals surface area contributed by atoms with Crippen molar-refractivity contribution in [1.29, 1.82) is 0 Å². The molecule has 3 aromatic rings. The van der Waals surface area contributed by atoms with E-state index < -0.39 is 11.8 Å². The van der Waals surface area contributed by atoms with Gasteiger partial charge in [-0.2, -0.15) is 11.3 Å². The summed E-state index contributed by atoms with van der Waals surface area (Å²) in [6, 6.07) is 15.6. The third-order valence-corrected chi connectivity index (χ3v) is 6.52.